The van der Waals surface area contributed by atoms with Crippen LogP contribution in [0.15, 0.2) is 47.6 Å². The van der Waals surface area contributed by atoms with E-state index < -0.39 is 5.92 Å². The number of carbonyl (C=O) groups excluding carboxylic acids is 2. The van der Waals surface area contributed by atoms with Gasteiger partial charge in [-0.05, 0) is 18.2 Å². The van der Waals surface area contributed by atoms with Crippen LogP contribution in [0.4, 0.5) is 0 Å². The zero-order valence-electron chi connectivity index (χ0n) is 14.2. The number of ketones is 2. The summed E-state index contributed by atoms with van der Waals surface area (Å²) in [6, 6.07) is 12.0. The van der Waals surface area contributed by atoms with Crippen molar-refractivity contribution >= 4 is 17.3 Å². The predicted molar refractivity (Wildman–Crippen MR) is 93.7 cm³/mol. The summed E-state index contributed by atoms with van der Waals surface area (Å²) in [5.74, 6) is -0.404. The Balaban J connectivity index is 2.09. The molecule has 2 aromatic rings. The lowest BCUT2D eigenvalue weighted by Gasteiger charge is -2.14. The molecule has 0 fully saturated rings. The molecule has 1 aliphatic carbocycles. The summed E-state index contributed by atoms with van der Waals surface area (Å²) in [4.78, 5) is 25.6. The second-order valence-electron chi connectivity index (χ2n) is 5.50. The highest BCUT2D eigenvalue weighted by Crippen LogP contribution is 2.33. The molecule has 3 rings (SSSR count). The maximum Gasteiger partial charge on any atom is 0.180 e. The van der Waals surface area contributed by atoms with Crippen molar-refractivity contribution in [3.8, 4) is 11.5 Å². The Bertz CT molecular complexity index is 838. The minimum atomic E-state index is -0.969. The third-order valence-corrected chi connectivity index (χ3v) is 4.17. The van der Waals surface area contributed by atoms with Crippen molar-refractivity contribution in [3.63, 3.8) is 0 Å². The van der Waals surface area contributed by atoms with E-state index in [1.165, 1.54) is 7.11 Å². The molecule has 0 radical (unpaired) electrons. The van der Waals surface area contributed by atoms with Crippen molar-refractivity contribution in [3.05, 3.63) is 59.2 Å². The number of carbonyl (C=O) groups is 2. The highest BCUT2D eigenvalue weighted by atomic mass is 16.5. The smallest absolute Gasteiger partial charge is 0.180 e. The van der Waals surface area contributed by atoms with E-state index >= 15 is 0 Å². The van der Waals surface area contributed by atoms with Gasteiger partial charge in [-0.1, -0.05) is 24.3 Å². The molecule has 1 N–H and O–H groups in total. The van der Waals surface area contributed by atoms with Crippen molar-refractivity contribution in [2.24, 2.45) is 11.0 Å². The first-order chi connectivity index (χ1) is 12.1. The van der Waals surface area contributed by atoms with Gasteiger partial charge in [0.1, 0.15) is 5.92 Å². The predicted octanol–water partition coefficient (Wildman–Crippen LogP) is 2.32. The molecule has 0 aromatic heterocycles. The summed E-state index contributed by atoms with van der Waals surface area (Å²) in [5.41, 5.74) is 4.53. The first-order valence-corrected chi connectivity index (χ1v) is 7.76. The van der Waals surface area contributed by atoms with Crippen LogP contribution in [0.1, 0.15) is 26.3 Å². The Morgan fingerprint density at radius 3 is 2.08 bits per heavy atom. The van der Waals surface area contributed by atoms with E-state index in [1.807, 2.05) is 0 Å². The van der Waals surface area contributed by atoms with Gasteiger partial charge in [-0.25, -0.2) is 0 Å². The van der Waals surface area contributed by atoms with Gasteiger partial charge in [-0.2, -0.15) is 5.10 Å². The Morgan fingerprint density at radius 1 is 0.960 bits per heavy atom. The zero-order chi connectivity index (χ0) is 18.0. The van der Waals surface area contributed by atoms with Crippen LogP contribution in [0.3, 0.4) is 0 Å². The summed E-state index contributed by atoms with van der Waals surface area (Å²) < 4.78 is 10.5. The van der Waals surface area contributed by atoms with Crippen LogP contribution in [0.2, 0.25) is 0 Å². The topological polar surface area (TPSA) is 77.0 Å². The standard InChI is InChI=1S/C19H18N2O4/c1-20-21-17(11-8-9-14(24-2)15(10-11)25-3)16-18(22)12-6-4-5-7-13(12)19(16)23/h4-10,16,20H,1-3H3. The van der Waals surface area contributed by atoms with Gasteiger partial charge in [0.05, 0.1) is 19.9 Å². The number of benzene rings is 2. The fourth-order valence-corrected chi connectivity index (χ4v) is 3.00. The van der Waals surface area contributed by atoms with Gasteiger partial charge < -0.3 is 14.9 Å². The molecule has 2 aromatic carbocycles. The normalized spacial score (nSPS) is 14.4. The maximum atomic E-state index is 12.8. The molecule has 0 saturated heterocycles. The molecule has 0 atom stereocenters. The molecule has 25 heavy (non-hydrogen) atoms. The number of hydrogen-bond donors (Lipinski definition) is 1. The molecular formula is C19H18N2O4. The Morgan fingerprint density at radius 2 is 1.56 bits per heavy atom. The molecule has 1 aliphatic rings. The number of methoxy groups -OCH3 is 2. The lowest BCUT2D eigenvalue weighted by molar-refractivity contribution is 0.0883. The van der Waals surface area contributed by atoms with Crippen LogP contribution in [-0.2, 0) is 0 Å². The van der Waals surface area contributed by atoms with E-state index in [2.05, 4.69) is 10.5 Å². The van der Waals surface area contributed by atoms with Crippen LogP contribution >= 0.6 is 0 Å². The molecular weight excluding hydrogens is 320 g/mol. The van der Waals surface area contributed by atoms with Crippen molar-refractivity contribution in [2.75, 3.05) is 21.3 Å². The summed E-state index contributed by atoms with van der Waals surface area (Å²) in [6.45, 7) is 0. The van der Waals surface area contributed by atoms with E-state index in [0.717, 1.165) is 0 Å². The van der Waals surface area contributed by atoms with Gasteiger partial charge in [-0.3, -0.25) is 9.59 Å². The Labute approximate surface area is 145 Å². The number of hydrogen-bond acceptors (Lipinski definition) is 6. The third-order valence-electron chi connectivity index (χ3n) is 4.17. The van der Waals surface area contributed by atoms with Gasteiger partial charge in [0, 0.05) is 23.7 Å². The van der Waals surface area contributed by atoms with E-state index in [9.17, 15) is 9.59 Å². The molecule has 128 valence electrons. The number of nitrogens with one attached hydrogen (secondary N) is 1. The van der Waals surface area contributed by atoms with Crippen LogP contribution in [0, 0.1) is 5.92 Å². The van der Waals surface area contributed by atoms with Crippen molar-refractivity contribution in [2.45, 2.75) is 0 Å². The minimum absolute atomic E-state index is 0.246. The third kappa shape index (κ3) is 2.76. The van der Waals surface area contributed by atoms with E-state index in [-0.39, 0.29) is 11.6 Å². The summed E-state index contributed by atoms with van der Waals surface area (Å²) in [5, 5.41) is 4.22. The fourth-order valence-electron chi connectivity index (χ4n) is 3.00. The first-order valence-electron chi connectivity index (χ1n) is 7.76. The minimum Gasteiger partial charge on any atom is -0.493 e. The van der Waals surface area contributed by atoms with E-state index in [1.54, 1.807) is 56.6 Å². The maximum absolute atomic E-state index is 12.8. The fraction of sp³-hybridized carbons (Fsp3) is 0.211. The van der Waals surface area contributed by atoms with Gasteiger partial charge >= 0.3 is 0 Å². The SMILES string of the molecule is CNN=C(c1ccc(OC)c(OC)c1)C1C(=O)c2ccccc2C1=O. The second kappa shape index (κ2) is 6.76. The molecule has 6 nitrogen and oxygen atoms in total. The van der Waals surface area contributed by atoms with E-state index in [4.69, 9.17) is 9.47 Å². The van der Waals surface area contributed by atoms with Gasteiger partial charge in [0.25, 0.3) is 0 Å². The largest absolute Gasteiger partial charge is 0.493 e. The van der Waals surface area contributed by atoms with Crippen LogP contribution in [0.5, 0.6) is 11.5 Å². The monoisotopic (exact) mass is 338 g/mol. The summed E-state index contributed by atoms with van der Waals surface area (Å²) in [7, 11) is 4.69. The molecule has 0 heterocycles. The second-order valence-corrected chi connectivity index (χ2v) is 5.50. The van der Waals surface area contributed by atoms with Crippen molar-refractivity contribution < 1.29 is 19.1 Å². The van der Waals surface area contributed by atoms with Crippen LogP contribution in [-0.4, -0.2) is 38.5 Å². The molecule has 0 saturated carbocycles. The lowest BCUT2D eigenvalue weighted by Crippen LogP contribution is -2.28. The molecule has 0 spiro atoms. The zero-order valence-corrected chi connectivity index (χ0v) is 14.2. The van der Waals surface area contributed by atoms with Gasteiger partial charge in [0.15, 0.2) is 23.1 Å². The molecule has 6 heteroatoms. The molecule has 0 amide bonds. The first kappa shape index (κ1) is 16.7. The number of nitrogens with zero attached hydrogens (tertiary/aromatic N) is 1. The molecule has 0 aliphatic heterocycles. The number of fused-ring (bicyclic) bond motifs is 1. The Kier molecular flexibility index (Phi) is 4.52. The highest BCUT2D eigenvalue weighted by molar-refractivity contribution is 6.38. The molecule has 0 bridgehead atoms. The number of Topliss-reactive ketones (excluding diaryl/α,β-unsaturated/α-hetero) is 2. The van der Waals surface area contributed by atoms with Crippen LogP contribution in [0.25, 0.3) is 0 Å². The summed E-state index contributed by atoms with van der Waals surface area (Å²) in [6.07, 6.45) is 0. The Hall–Kier alpha value is -3.15. The lowest BCUT2D eigenvalue weighted by atomic mass is 9.92. The van der Waals surface area contributed by atoms with Crippen LogP contribution < -0.4 is 14.9 Å². The number of hydrazone groups is 1. The van der Waals surface area contributed by atoms with Gasteiger partial charge in [0.2, 0.25) is 0 Å². The quantitative estimate of drug-likeness (QED) is 0.514. The number of ether oxygens (including phenoxy) is 2. The average Bonchev–Trinajstić information content (AvgIpc) is 2.90. The van der Waals surface area contributed by atoms with Gasteiger partial charge in [-0.15, -0.1) is 0 Å². The van der Waals surface area contributed by atoms with Crippen molar-refractivity contribution in [1.29, 1.82) is 0 Å². The summed E-state index contributed by atoms with van der Waals surface area (Å²) >= 11 is 0. The highest BCUT2D eigenvalue weighted by Gasteiger charge is 2.42. The van der Waals surface area contributed by atoms with Crippen molar-refractivity contribution in [1.82, 2.24) is 5.43 Å². The van der Waals surface area contributed by atoms with E-state index in [0.29, 0.717) is 33.9 Å². The average molecular weight is 338 g/mol. The molecule has 0 unspecified atom stereocenters. The number of rotatable bonds is 5.